The minimum atomic E-state index is -3.69. The molecule has 3 fully saturated rings. The third-order valence-electron chi connectivity index (χ3n) is 9.12. The van der Waals surface area contributed by atoms with Crippen molar-refractivity contribution < 1.29 is 31.6 Å². The van der Waals surface area contributed by atoms with E-state index >= 15 is 0 Å². The maximum Gasteiger partial charge on any atom is 0.273 e. The van der Waals surface area contributed by atoms with Crippen LogP contribution in [0.15, 0.2) is 35.0 Å². The van der Waals surface area contributed by atoms with Crippen LogP contribution < -0.4 is 10.0 Å². The molecule has 1 aromatic heterocycles. The van der Waals surface area contributed by atoms with Crippen LogP contribution in [0.25, 0.3) is 6.08 Å². The monoisotopic (exact) mass is 615 g/mol. The van der Waals surface area contributed by atoms with Crippen LogP contribution in [0.2, 0.25) is 0 Å². The Bertz CT molecular complexity index is 1420. The zero-order valence-electron chi connectivity index (χ0n) is 24.7. The normalized spacial score (nSPS) is 24.0. The first kappa shape index (κ1) is 31.4. The molecule has 0 spiro atoms. The van der Waals surface area contributed by atoms with Gasteiger partial charge in [-0.25, -0.2) is 22.5 Å². The summed E-state index contributed by atoms with van der Waals surface area (Å²) >= 11 is 0. The number of carbonyl (C=O) groups excluding carboxylic acids is 2. The summed E-state index contributed by atoms with van der Waals surface area (Å²) in [6.45, 7) is 2.04. The molecule has 1 aromatic carbocycles. The average molecular weight is 616 g/mol. The lowest BCUT2D eigenvalue weighted by Crippen LogP contribution is -2.30. The summed E-state index contributed by atoms with van der Waals surface area (Å²) in [7, 11) is -3.69. The van der Waals surface area contributed by atoms with Gasteiger partial charge in [-0.2, -0.15) is 0 Å². The summed E-state index contributed by atoms with van der Waals surface area (Å²) in [5.74, 6) is -0.655. The first-order chi connectivity index (χ1) is 20.7. The van der Waals surface area contributed by atoms with Crippen molar-refractivity contribution in [2.24, 2.45) is 11.8 Å². The van der Waals surface area contributed by atoms with E-state index in [2.05, 4.69) is 10.3 Å². The highest BCUT2D eigenvalue weighted by Gasteiger charge is 2.51. The number of aromatic nitrogens is 1. The molecule has 3 heterocycles. The molecule has 1 aliphatic carbocycles. The van der Waals surface area contributed by atoms with Crippen LogP contribution in [0.1, 0.15) is 105 Å². The van der Waals surface area contributed by atoms with E-state index < -0.39 is 21.7 Å². The largest absolute Gasteiger partial charge is 0.448 e. The predicted octanol–water partition coefficient (Wildman–Crippen LogP) is 5.28. The van der Waals surface area contributed by atoms with Crippen molar-refractivity contribution in [1.82, 2.24) is 15.0 Å². The van der Waals surface area contributed by atoms with Crippen LogP contribution >= 0.6 is 0 Å². The van der Waals surface area contributed by atoms with E-state index in [4.69, 9.17) is 9.15 Å². The first-order valence-corrected chi connectivity index (χ1v) is 17.3. The van der Waals surface area contributed by atoms with E-state index in [9.17, 15) is 22.4 Å². The molecule has 2 amide bonds. The molecule has 2 aromatic rings. The lowest BCUT2D eigenvalue weighted by Gasteiger charge is -2.26. The fourth-order valence-electron chi connectivity index (χ4n) is 6.84. The summed E-state index contributed by atoms with van der Waals surface area (Å²) in [6.07, 6.45) is 16.0. The van der Waals surface area contributed by atoms with Crippen LogP contribution in [-0.2, 0) is 26.0 Å². The molecule has 3 aliphatic rings. The topological polar surface area (TPSA) is 128 Å². The van der Waals surface area contributed by atoms with Gasteiger partial charge in [0.1, 0.15) is 12.1 Å². The highest BCUT2D eigenvalue weighted by atomic mass is 32.2. The molecule has 4 atom stereocenters. The third kappa shape index (κ3) is 8.12. The number of rotatable bonds is 13. The number of sulfonamides is 1. The molecule has 2 N–H and O–H groups in total. The number of amides is 2. The summed E-state index contributed by atoms with van der Waals surface area (Å²) in [4.78, 5) is 29.5. The van der Waals surface area contributed by atoms with E-state index in [1.165, 1.54) is 69.9 Å². The Morgan fingerprint density at radius 3 is 2.67 bits per heavy atom. The van der Waals surface area contributed by atoms with Gasteiger partial charge in [0.25, 0.3) is 11.8 Å². The van der Waals surface area contributed by atoms with E-state index in [1.807, 2.05) is 4.72 Å². The maximum atomic E-state index is 14.3. The zero-order valence-corrected chi connectivity index (χ0v) is 25.5. The van der Waals surface area contributed by atoms with Crippen molar-refractivity contribution in [3.8, 4) is 0 Å². The van der Waals surface area contributed by atoms with Crippen molar-refractivity contribution in [1.29, 1.82) is 0 Å². The van der Waals surface area contributed by atoms with Gasteiger partial charge in [0.05, 0.1) is 23.9 Å². The number of hydrogen-bond acceptors (Lipinski definition) is 7. The Labute approximate surface area is 253 Å². The molecule has 0 radical (unpaired) electrons. The van der Waals surface area contributed by atoms with Crippen molar-refractivity contribution in [2.45, 2.75) is 95.7 Å². The molecule has 2 saturated heterocycles. The molecule has 1 saturated carbocycles. The lowest BCUT2D eigenvalue weighted by molar-refractivity contribution is -0.114. The Morgan fingerprint density at radius 2 is 1.88 bits per heavy atom. The van der Waals surface area contributed by atoms with Gasteiger partial charge >= 0.3 is 0 Å². The molecular weight excluding hydrogens is 573 g/mol. The van der Waals surface area contributed by atoms with Crippen molar-refractivity contribution in [3.63, 3.8) is 0 Å². The number of fused-ring (bicyclic) bond motifs is 2. The van der Waals surface area contributed by atoms with E-state index in [1.54, 1.807) is 6.07 Å². The van der Waals surface area contributed by atoms with Gasteiger partial charge in [0.2, 0.25) is 15.9 Å². The molecule has 2 bridgehead atoms. The Balaban J connectivity index is 1.21. The minimum Gasteiger partial charge on any atom is -0.448 e. The van der Waals surface area contributed by atoms with Gasteiger partial charge in [0.15, 0.2) is 5.69 Å². The van der Waals surface area contributed by atoms with Crippen LogP contribution in [0.3, 0.4) is 0 Å². The fraction of sp³-hybridized carbons (Fsp3) is 0.594. The van der Waals surface area contributed by atoms with Gasteiger partial charge in [-0.3, -0.25) is 9.59 Å². The first-order valence-electron chi connectivity index (χ1n) is 15.6. The quantitative estimate of drug-likeness (QED) is 0.232. The third-order valence-corrected chi connectivity index (χ3v) is 10.4. The fourth-order valence-corrected chi connectivity index (χ4v) is 7.36. The molecule has 4 unspecified atom stereocenters. The molecule has 11 heteroatoms. The van der Waals surface area contributed by atoms with Crippen molar-refractivity contribution in [3.05, 3.63) is 59.1 Å². The molecule has 9 nitrogen and oxygen atoms in total. The van der Waals surface area contributed by atoms with E-state index in [-0.39, 0.29) is 41.4 Å². The number of unbranched alkanes of at least 4 members (excludes halogenated alkanes) is 1. The smallest absolute Gasteiger partial charge is 0.273 e. The number of halogens is 1. The summed E-state index contributed by atoms with van der Waals surface area (Å²) < 4.78 is 51.8. The Kier molecular flexibility index (Phi) is 10.3. The second kappa shape index (κ2) is 14.2. The number of hydrogen-bond donors (Lipinski definition) is 2. The minimum absolute atomic E-state index is 0.0681. The number of oxazole rings is 1. The highest BCUT2D eigenvalue weighted by Crippen LogP contribution is 2.50. The number of ether oxygens (including phenoxy) is 1. The van der Waals surface area contributed by atoms with Gasteiger partial charge in [0, 0.05) is 18.5 Å². The number of carbonyl (C=O) groups is 2. The number of nitrogens with one attached hydrogen (secondary N) is 2. The molecule has 2 aliphatic heterocycles. The molecule has 234 valence electrons. The van der Waals surface area contributed by atoms with Gasteiger partial charge in [-0.15, -0.1) is 0 Å². The van der Waals surface area contributed by atoms with Gasteiger partial charge in [-0.05, 0) is 67.9 Å². The molecular formula is C32H42FN3O6S. The average Bonchev–Trinajstić information content (AvgIpc) is 3.74. The Morgan fingerprint density at radius 1 is 1.09 bits per heavy atom. The maximum absolute atomic E-state index is 14.3. The van der Waals surface area contributed by atoms with Gasteiger partial charge < -0.3 is 14.5 Å². The summed E-state index contributed by atoms with van der Waals surface area (Å²) in [5.41, 5.74) is 1.50. The lowest BCUT2D eigenvalue weighted by atomic mass is 9.75. The van der Waals surface area contributed by atoms with Crippen LogP contribution in [0.4, 0.5) is 4.39 Å². The zero-order chi connectivity index (χ0) is 30.4. The summed E-state index contributed by atoms with van der Waals surface area (Å²) in [5, 5.41) is 2.97. The van der Waals surface area contributed by atoms with Crippen molar-refractivity contribution in [2.75, 3.05) is 12.3 Å². The van der Waals surface area contributed by atoms with Crippen molar-refractivity contribution >= 4 is 27.9 Å². The summed E-state index contributed by atoms with van der Waals surface area (Å²) in [6, 6.07) is 4.29. The molecule has 43 heavy (non-hydrogen) atoms. The van der Waals surface area contributed by atoms with Crippen LogP contribution in [0.5, 0.6) is 0 Å². The second-order valence-corrected chi connectivity index (χ2v) is 14.1. The van der Waals surface area contributed by atoms with Gasteiger partial charge in [-0.1, -0.05) is 51.0 Å². The van der Waals surface area contributed by atoms with Crippen LogP contribution in [-0.4, -0.2) is 49.7 Å². The molecule has 5 rings (SSSR count). The van der Waals surface area contributed by atoms with E-state index in [0.717, 1.165) is 37.7 Å². The number of nitrogens with zero attached hydrogens (tertiary/aromatic N) is 1. The van der Waals surface area contributed by atoms with E-state index in [0.29, 0.717) is 30.0 Å². The second-order valence-electron chi connectivity index (χ2n) is 12.1. The predicted molar refractivity (Wildman–Crippen MR) is 160 cm³/mol. The number of benzene rings is 1. The standard InChI is InChI=1S/C32H42FN3O6S/c1-2-43(39,40)36-29(37)16-12-22-11-13-24(33)18-23(22)19-25-27-14-15-28(42-27)30(25)32-35-26(20-41-32)31(38)34-17-7-6-10-21-8-4-3-5-9-21/h11-13,16,18,20-21,25,27-28,30H,2-10,14-15,17,19H2,1H3,(H,34,38)(H,36,37). The highest BCUT2D eigenvalue weighted by molar-refractivity contribution is 7.90. The Hall–Kier alpha value is -3.05. The SMILES string of the molecule is CCS(=O)(=O)NC(=O)C=Cc1ccc(F)cc1CC1C2CCC(O2)C1c1nc(C(=O)NCCCCC2CCCCC2)co1. The van der Waals surface area contributed by atoms with Crippen LogP contribution in [0, 0.1) is 17.7 Å².